The van der Waals surface area contributed by atoms with Gasteiger partial charge in [0.2, 0.25) is 5.91 Å². The highest BCUT2D eigenvalue weighted by atomic mass is 16.1. The number of benzene rings is 1. The Kier molecular flexibility index (Phi) is 3.24. The van der Waals surface area contributed by atoms with E-state index in [2.05, 4.69) is 18.8 Å². The van der Waals surface area contributed by atoms with E-state index in [-0.39, 0.29) is 5.41 Å². The fourth-order valence-electron chi connectivity index (χ4n) is 2.72. The van der Waals surface area contributed by atoms with E-state index in [4.69, 9.17) is 11.5 Å². The summed E-state index contributed by atoms with van der Waals surface area (Å²) in [6, 6.07) is 7.33. The Labute approximate surface area is 119 Å². The number of nitrogens with zero attached hydrogens (tertiary/aromatic N) is 2. The molecule has 1 amide bonds. The molecule has 0 aromatic heterocycles. The van der Waals surface area contributed by atoms with Gasteiger partial charge < -0.3 is 16.4 Å². The van der Waals surface area contributed by atoms with Gasteiger partial charge in [-0.2, -0.15) is 0 Å². The van der Waals surface area contributed by atoms with E-state index in [1.54, 1.807) is 6.07 Å². The first kappa shape index (κ1) is 14.4. The van der Waals surface area contributed by atoms with Crippen molar-refractivity contribution in [2.24, 2.45) is 21.9 Å². The number of carbonyl (C=O) groups excluding carboxylic acids is 1. The summed E-state index contributed by atoms with van der Waals surface area (Å²) in [6.07, 6.45) is 0. The second-order valence-electron chi connectivity index (χ2n) is 6.23. The average Bonchev–Trinajstić information content (AvgIpc) is 2.36. The molecule has 0 radical (unpaired) electrons. The third-order valence-electron chi connectivity index (χ3n) is 4.39. The van der Waals surface area contributed by atoms with Crippen LogP contribution in [0, 0.1) is 5.41 Å². The van der Waals surface area contributed by atoms with Crippen LogP contribution < -0.4 is 11.5 Å². The Bertz CT molecular complexity index is 579. The predicted molar refractivity (Wildman–Crippen MR) is 80.3 cm³/mol. The summed E-state index contributed by atoms with van der Waals surface area (Å²) in [5.74, 6) is 0.0782. The molecule has 2 rings (SSSR count). The summed E-state index contributed by atoms with van der Waals surface area (Å²) in [7, 11) is 1.93. The molecule has 1 heterocycles. The number of rotatable bonds is 2. The normalized spacial score (nSPS) is 25.2. The number of hydrogen-bond acceptors (Lipinski definition) is 4. The molecule has 5 heteroatoms. The number of nitrogens with two attached hydrogens (primary N) is 2. The lowest BCUT2D eigenvalue weighted by Crippen LogP contribution is -2.54. The van der Waals surface area contributed by atoms with Crippen LogP contribution in [0.1, 0.15) is 36.7 Å². The van der Waals surface area contributed by atoms with Gasteiger partial charge >= 0.3 is 0 Å². The van der Waals surface area contributed by atoms with Crippen molar-refractivity contribution in [2.75, 3.05) is 13.6 Å². The van der Waals surface area contributed by atoms with Crippen molar-refractivity contribution in [3.05, 3.63) is 35.4 Å². The van der Waals surface area contributed by atoms with Gasteiger partial charge in [0.15, 0.2) is 5.96 Å². The minimum atomic E-state index is -0.491. The Morgan fingerprint density at radius 3 is 2.60 bits per heavy atom. The third-order valence-corrected chi connectivity index (χ3v) is 4.39. The van der Waals surface area contributed by atoms with Crippen LogP contribution in [0.3, 0.4) is 0 Å². The van der Waals surface area contributed by atoms with E-state index in [0.717, 1.165) is 12.1 Å². The Balaban J connectivity index is 2.59. The molecule has 0 fully saturated rings. The Morgan fingerprint density at radius 2 is 2.00 bits per heavy atom. The molecule has 4 N–H and O–H groups in total. The lowest BCUT2D eigenvalue weighted by molar-refractivity contribution is 0.0999. The van der Waals surface area contributed by atoms with Gasteiger partial charge in [0.25, 0.3) is 0 Å². The molecule has 5 nitrogen and oxygen atoms in total. The molecule has 1 aromatic carbocycles. The molecule has 1 atom stereocenters. The van der Waals surface area contributed by atoms with Crippen LogP contribution in [-0.4, -0.2) is 30.4 Å². The maximum atomic E-state index is 11.4. The molecular formula is C15H22N4O. The first-order valence-electron chi connectivity index (χ1n) is 6.64. The standard InChI is InChI=1S/C15H22N4O/c1-14(2)9-19(4)13(17)18-15(14,3)11-7-5-6-10(8-11)12(16)20/h5-8H,9H2,1-4H3,(H2,16,20)(H2,17,18)/t15-/m1/s1. The number of carbonyl (C=O) groups is 1. The maximum absolute atomic E-state index is 11.4. The second-order valence-corrected chi connectivity index (χ2v) is 6.23. The lowest BCUT2D eigenvalue weighted by atomic mass is 9.68. The van der Waals surface area contributed by atoms with E-state index >= 15 is 0 Å². The maximum Gasteiger partial charge on any atom is 0.248 e. The summed E-state index contributed by atoms with van der Waals surface area (Å²) in [4.78, 5) is 18.0. The van der Waals surface area contributed by atoms with Gasteiger partial charge in [-0.05, 0) is 24.6 Å². The molecule has 0 saturated heterocycles. The fourth-order valence-corrected chi connectivity index (χ4v) is 2.72. The van der Waals surface area contributed by atoms with Crippen molar-refractivity contribution in [3.8, 4) is 0 Å². The van der Waals surface area contributed by atoms with Crippen LogP contribution in [0.4, 0.5) is 0 Å². The number of amides is 1. The Morgan fingerprint density at radius 1 is 1.35 bits per heavy atom. The molecule has 1 aromatic rings. The van der Waals surface area contributed by atoms with E-state index in [9.17, 15) is 4.79 Å². The van der Waals surface area contributed by atoms with Crippen LogP contribution in [0.5, 0.6) is 0 Å². The topological polar surface area (TPSA) is 84.7 Å². The molecule has 1 aliphatic rings. The smallest absolute Gasteiger partial charge is 0.248 e. The van der Waals surface area contributed by atoms with E-state index < -0.39 is 11.4 Å². The number of aliphatic imine (C=N–C) groups is 1. The van der Waals surface area contributed by atoms with Crippen LogP contribution >= 0.6 is 0 Å². The molecule has 1 aliphatic heterocycles. The highest BCUT2D eigenvalue weighted by Gasteiger charge is 2.46. The monoisotopic (exact) mass is 274 g/mol. The molecule has 0 unspecified atom stereocenters. The van der Waals surface area contributed by atoms with Crippen LogP contribution in [-0.2, 0) is 5.54 Å². The number of guanidine groups is 1. The minimum absolute atomic E-state index is 0.124. The van der Waals surface area contributed by atoms with Crippen molar-refractivity contribution in [2.45, 2.75) is 26.3 Å². The van der Waals surface area contributed by atoms with Gasteiger partial charge in [-0.1, -0.05) is 26.0 Å². The minimum Gasteiger partial charge on any atom is -0.370 e. The van der Waals surface area contributed by atoms with Crippen molar-refractivity contribution in [1.29, 1.82) is 0 Å². The molecule has 0 bridgehead atoms. The largest absolute Gasteiger partial charge is 0.370 e. The highest BCUT2D eigenvalue weighted by molar-refractivity contribution is 5.93. The lowest BCUT2D eigenvalue weighted by Gasteiger charge is -2.48. The summed E-state index contributed by atoms with van der Waals surface area (Å²) in [6.45, 7) is 7.14. The number of hydrogen-bond donors (Lipinski definition) is 2. The molecule has 108 valence electrons. The highest BCUT2D eigenvalue weighted by Crippen LogP contribution is 2.45. The van der Waals surface area contributed by atoms with Gasteiger partial charge in [0, 0.05) is 24.6 Å². The van der Waals surface area contributed by atoms with Crippen molar-refractivity contribution in [3.63, 3.8) is 0 Å². The molecular weight excluding hydrogens is 252 g/mol. The van der Waals surface area contributed by atoms with E-state index in [1.807, 2.05) is 37.1 Å². The van der Waals surface area contributed by atoms with Crippen molar-refractivity contribution >= 4 is 11.9 Å². The van der Waals surface area contributed by atoms with Gasteiger partial charge in [0.1, 0.15) is 0 Å². The Hall–Kier alpha value is -2.04. The van der Waals surface area contributed by atoms with Gasteiger partial charge in [-0.15, -0.1) is 0 Å². The van der Waals surface area contributed by atoms with Crippen molar-refractivity contribution < 1.29 is 4.79 Å². The predicted octanol–water partition coefficient (Wildman–Crippen LogP) is 1.29. The zero-order chi connectivity index (χ0) is 15.1. The van der Waals surface area contributed by atoms with Gasteiger partial charge in [0.05, 0.1) is 5.54 Å². The van der Waals surface area contributed by atoms with Gasteiger partial charge in [-0.25, -0.2) is 4.99 Å². The fraction of sp³-hybridized carbons (Fsp3) is 0.467. The van der Waals surface area contributed by atoms with E-state index in [1.165, 1.54) is 0 Å². The second kappa shape index (κ2) is 4.51. The van der Waals surface area contributed by atoms with E-state index in [0.29, 0.717) is 11.5 Å². The SMILES string of the molecule is CN1CC(C)(C)[C@@](C)(c2cccc(C(N)=O)c2)N=C1N. The quantitative estimate of drug-likeness (QED) is 0.852. The third kappa shape index (κ3) is 2.13. The first-order chi connectivity index (χ1) is 9.17. The average molecular weight is 274 g/mol. The summed E-state index contributed by atoms with van der Waals surface area (Å²) in [5, 5.41) is 0. The van der Waals surface area contributed by atoms with Crippen molar-refractivity contribution in [1.82, 2.24) is 4.90 Å². The molecule has 20 heavy (non-hydrogen) atoms. The molecule has 0 spiro atoms. The summed E-state index contributed by atoms with van der Waals surface area (Å²) < 4.78 is 0. The molecule has 0 aliphatic carbocycles. The van der Waals surface area contributed by atoms with Crippen LogP contribution in [0.2, 0.25) is 0 Å². The summed E-state index contributed by atoms with van der Waals surface area (Å²) in [5.41, 5.74) is 12.2. The van der Waals surface area contributed by atoms with Crippen LogP contribution in [0.15, 0.2) is 29.3 Å². The van der Waals surface area contributed by atoms with Crippen LogP contribution in [0.25, 0.3) is 0 Å². The first-order valence-corrected chi connectivity index (χ1v) is 6.64. The number of primary amides is 1. The van der Waals surface area contributed by atoms with Gasteiger partial charge in [-0.3, -0.25) is 4.79 Å². The molecule has 0 saturated carbocycles. The zero-order valence-electron chi connectivity index (χ0n) is 12.5. The zero-order valence-corrected chi connectivity index (χ0v) is 12.5. The summed E-state index contributed by atoms with van der Waals surface area (Å²) >= 11 is 0.